The number of nitrogens with one attached hydrogen (secondary N) is 2. The molecule has 162 valence electrons. The maximum Gasteiger partial charge on any atom is 0.261 e. The molecule has 31 heavy (non-hydrogen) atoms. The molecule has 1 fully saturated rings. The van der Waals surface area contributed by atoms with Gasteiger partial charge in [-0.15, -0.1) is 11.3 Å². The van der Waals surface area contributed by atoms with Gasteiger partial charge in [-0.1, -0.05) is 24.3 Å². The predicted octanol–water partition coefficient (Wildman–Crippen LogP) is 4.52. The summed E-state index contributed by atoms with van der Waals surface area (Å²) in [4.78, 5) is 23.6. The molecule has 0 bridgehead atoms. The number of amides is 1. The van der Waals surface area contributed by atoms with E-state index in [1.807, 2.05) is 6.92 Å². The monoisotopic (exact) mass is 436 g/mol. The number of anilines is 1. The first kappa shape index (κ1) is 20.4. The maximum atomic E-state index is 13.0. The third-order valence-corrected chi connectivity index (χ3v) is 7.84. The molecule has 2 aromatic heterocycles. The second-order valence-electron chi connectivity index (χ2n) is 8.73. The zero-order valence-electron chi connectivity index (χ0n) is 17.7. The molecule has 0 radical (unpaired) electrons. The van der Waals surface area contributed by atoms with Crippen LogP contribution in [0, 0.1) is 6.92 Å². The van der Waals surface area contributed by atoms with Gasteiger partial charge in [0.15, 0.2) is 0 Å². The minimum Gasteiger partial charge on any atom is -0.393 e. The third-order valence-electron chi connectivity index (χ3n) is 6.65. The first-order chi connectivity index (χ1) is 15.1. The van der Waals surface area contributed by atoms with Gasteiger partial charge in [-0.25, -0.2) is 9.97 Å². The molecule has 2 heterocycles. The quantitative estimate of drug-likeness (QED) is 0.560. The molecule has 0 aliphatic heterocycles. The number of hydrogen-bond acceptors (Lipinski definition) is 6. The molecule has 1 atom stereocenters. The van der Waals surface area contributed by atoms with Crippen LogP contribution < -0.4 is 10.6 Å². The van der Waals surface area contributed by atoms with Gasteiger partial charge in [0.2, 0.25) is 0 Å². The highest BCUT2D eigenvalue weighted by atomic mass is 32.1. The van der Waals surface area contributed by atoms with E-state index in [2.05, 4.69) is 44.9 Å². The van der Waals surface area contributed by atoms with Gasteiger partial charge >= 0.3 is 0 Å². The van der Waals surface area contributed by atoms with Crippen LogP contribution in [0.2, 0.25) is 0 Å². The standard InChI is InChI=1S/C24H28N4O2S/c1-14-20-22(28-19-8-4-6-15-5-2-3-7-18(15)19)25-13-26-24(20)31-21(14)23(30)27-16-9-11-17(29)12-10-16/h2-3,5,7,13,16-17,19,29H,4,6,8-12H2,1H3,(H,27,30)(H,25,26,28)/t16?,17?,19-/m0/s1. The van der Waals surface area contributed by atoms with Gasteiger partial charge in [0.25, 0.3) is 5.91 Å². The molecule has 0 unspecified atom stereocenters. The molecule has 2 aliphatic rings. The van der Waals surface area contributed by atoms with Crippen molar-refractivity contribution in [3.63, 3.8) is 0 Å². The lowest BCUT2D eigenvalue weighted by atomic mass is 9.87. The molecule has 1 amide bonds. The van der Waals surface area contributed by atoms with Gasteiger partial charge in [0, 0.05) is 6.04 Å². The largest absolute Gasteiger partial charge is 0.393 e. The van der Waals surface area contributed by atoms with Gasteiger partial charge in [-0.3, -0.25) is 4.79 Å². The van der Waals surface area contributed by atoms with E-state index in [1.54, 1.807) is 6.33 Å². The Hall–Kier alpha value is -2.51. The molecular formula is C24H28N4O2S. The van der Waals surface area contributed by atoms with E-state index in [0.717, 1.165) is 66.5 Å². The second kappa shape index (κ2) is 8.55. The van der Waals surface area contributed by atoms with Crippen LogP contribution in [0.4, 0.5) is 5.82 Å². The lowest BCUT2D eigenvalue weighted by Gasteiger charge is -2.27. The van der Waals surface area contributed by atoms with Crippen molar-refractivity contribution in [2.24, 2.45) is 0 Å². The minimum absolute atomic E-state index is 0.0455. The number of carbonyl (C=O) groups is 1. The van der Waals surface area contributed by atoms with E-state index in [9.17, 15) is 9.90 Å². The highest BCUT2D eigenvalue weighted by Gasteiger charge is 2.26. The first-order valence-corrected chi connectivity index (χ1v) is 12.0. The van der Waals surface area contributed by atoms with Crippen molar-refractivity contribution in [3.05, 3.63) is 52.2 Å². The van der Waals surface area contributed by atoms with E-state index < -0.39 is 0 Å². The number of rotatable bonds is 4. The van der Waals surface area contributed by atoms with Crippen LogP contribution in [0.15, 0.2) is 30.6 Å². The summed E-state index contributed by atoms with van der Waals surface area (Å²) < 4.78 is 0. The lowest BCUT2D eigenvalue weighted by molar-refractivity contribution is 0.0871. The lowest BCUT2D eigenvalue weighted by Crippen LogP contribution is -2.38. The Morgan fingerprint density at radius 1 is 1.13 bits per heavy atom. The second-order valence-corrected chi connectivity index (χ2v) is 9.72. The maximum absolute atomic E-state index is 13.0. The van der Waals surface area contributed by atoms with Gasteiger partial charge in [-0.2, -0.15) is 0 Å². The van der Waals surface area contributed by atoms with Crippen LogP contribution in [-0.2, 0) is 6.42 Å². The van der Waals surface area contributed by atoms with Crippen molar-refractivity contribution >= 4 is 33.3 Å². The van der Waals surface area contributed by atoms with E-state index in [0.29, 0.717) is 4.88 Å². The molecule has 2 aliphatic carbocycles. The molecule has 1 saturated carbocycles. The highest BCUT2D eigenvalue weighted by Crippen LogP contribution is 2.37. The smallest absolute Gasteiger partial charge is 0.261 e. The summed E-state index contributed by atoms with van der Waals surface area (Å²) in [5, 5.41) is 17.5. The molecule has 1 aromatic carbocycles. The van der Waals surface area contributed by atoms with E-state index in [4.69, 9.17) is 0 Å². The normalized spacial score (nSPS) is 23.4. The van der Waals surface area contributed by atoms with Crippen molar-refractivity contribution in [2.75, 3.05) is 5.32 Å². The van der Waals surface area contributed by atoms with Gasteiger partial charge in [0.1, 0.15) is 17.0 Å². The zero-order valence-corrected chi connectivity index (χ0v) is 18.5. The van der Waals surface area contributed by atoms with Crippen LogP contribution in [0.25, 0.3) is 10.2 Å². The number of hydrogen-bond donors (Lipinski definition) is 3. The predicted molar refractivity (Wildman–Crippen MR) is 124 cm³/mol. The Morgan fingerprint density at radius 2 is 1.94 bits per heavy atom. The fourth-order valence-corrected chi connectivity index (χ4v) is 5.99. The number of aryl methyl sites for hydroxylation is 2. The first-order valence-electron chi connectivity index (χ1n) is 11.2. The summed E-state index contributed by atoms with van der Waals surface area (Å²) in [7, 11) is 0. The van der Waals surface area contributed by atoms with Crippen LogP contribution in [0.3, 0.4) is 0 Å². The zero-order chi connectivity index (χ0) is 21.4. The summed E-state index contributed by atoms with van der Waals surface area (Å²) in [6.07, 6.45) is 7.83. The molecule has 3 aromatic rings. The number of aliphatic hydroxyl groups excluding tert-OH is 1. The van der Waals surface area contributed by atoms with E-state index >= 15 is 0 Å². The Morgan fingerprint density at radius 3 is 2.77 bits per heavy atom. The van der Waals surface area contributed by atoms with Crippen molar-refractivity contribution in [1.82, 2.24) is 15.3 Å². The molecule has 5 rings (SSSR count). The number of fused-ring (bicyclic) bond motifs is 2. The van der Waals surface area contributed by atoms with E-state index in [-0.39, 0.29) is 24.1 Å². The highest BCUT2D eigenvalue weighted by molar-refractivity contribution is 7.20. The summed E-state index contributed by atoms with van der Waals surface area (Å²) in [5.41, 5.74) is 3.67. The fourth-order valence-electron chi connectivity index (χ4n) is 4.94. The summed E-state index contributed by atoms with van der Waals surface area (Å²) in [5.74, 6) is 0.760. The van der Waals surface area contributed by atoms with Crippen molar-refractivity contribution in [3.8, 4) is 0 Å². The van der Waals surface area contributed by atoms with Crippen LogP contribution in [-0.4, -0.2) is 33.1 Å². The van der Waals surface area contributed by atoms with Crippen LogP contribution >= 0.6 is 11.3 Å². The van der Waals surface area contributed by atoms with Crippen LogP contribution in [0.1, 0.15) is 70.9 Å². The number of benzene rings is 1. The van der Waals surface area contributed by atoms with Gasteiger partial charge in [0.05, 0.1) is 22.4 Å². The SMILES string of the molecule is Cc1c(C(=O)NC2CCC(O)CC2)sc2ncnc(N[C@H]3CCCc4ccccc43)c12. The van der Waals surface area contributed by atoms with Crippen molar-refractivity contribution < 1.29 is 9.90 Å². The summed E-state index contributed by atoms with van der Waals surface area (Å²) >= 11 is 1.43. The molecular weight excluding hydrogens is 408 g/mol. The topological polar surface area (TPSA) is 87.1 Å². The molecule has 6 nitrogen and oxygen atoms in total. The van der Waals surface area contributed by atoms with E-state index in [1.165, 1.54) is 22.5 Å². The Labute approximate surface area is 186 Å². The fraction of sp³-hybridized carbons (Fsp3) is 0.458. The van der Waals surface area contributed by atoms with Gasteiger partial charge in [-0.05, 0) is 68.6 Å². The Kier molecular flexibility index (Phi) is 5.63. The number of carbonyl (C=O) groups excluding carboxylic acids is 1. The number of thiophene rings is 1. The van der Waals surface area contributed by atoms with Crippen LogP contribution in [0.5, 0.6) is 0 Å². The molecule has 0 spiro atoms. The molecule has 7 heteroatoms. The van der Waals surface area contributed by atoms with Gasteiger partial charge < -0.3 is 15.7 Å². The summed E-state index contributed by atoms with van der Waals surface area (Å²) in [6.45, 7) is 1.99. The Balaban J connectivity index is 1.41. The number of aromatic nitrogens is 2. The average molecular weight is 437 g/mol. The third kappa shape index (κ3) is 4.04. The number of aliphatic hydroxyl groups is 1. The molecule has 3 N–H and O–H groups in total. The van der Waals surface area contributed by atoms with Crippen molar-refractivity contribution in [2.45, 2.75) is 70.1 Å². The number of nitrogens with zero attached hydrogens (tertiary/aromatic N) is 2. The molecule has 0 saturated heterocycles. The summed E-state index contributed by atoms with van der Waals surface area (Å²) in [6, 6.07) is 8.95. The Bertz CT molecular complexity index is 1100. The van der Waals surface area contributed by atoms with Crippen molar-refractivity contribution in [1.29, 1.82) is 0 Å². The average Bonchev–Trinajstić information content (AvgIpc) is 3.13. The minimum atomic E-state index is -0.229.